The summed E-state index contributed by atoms with van der Waals surface area (Å²) in [5, 5.41) is 12.7. The van der Waals surface area contributed by atoms with Gasteiger partial charge in [-0.3, -0.25) is 4.90 Å². The Bertz CT molecular complexity index is 560. The van der Waals surface area contributed by atoms with Gasteiger partial charge < -0.3 is 5.11 Å². The van der Waals surface area contributed by atoms with Gasteiger partial charge in [-0.25, -0.2) is 13.4 Å². The average molecular weight is 318 g/mol. The molecule has 0 saturated carbocycles. The molecule has 0 aliphatic carbocycles. The Labute approximate surface area is 124 Å². The molecule has 20 heavy (non-hydrogen) atoms. The van der Waals surface area contributed by atoms with Gasteiger partial charge in [-0.15, -0.1) is 11.3 Å². The van der Waals surface area contributed by atoms with E-state index in [4.69, 9.17) is 0 Å². The Kier molecular flexibility index (Phi) is 4.53. The van der Waals surface area contributed by atoms with Gasteiger partial charge in [0.1, 0.15) is 10.8 Å². The molecule has 1 atom stereocenters. The first kappa shape index (κ1) is 15.9. The molecule has 1 aliphatic rings. The summed E-state index contributed by atoms with van der Waals surface area (Å²) in [6, 6.07) is 0.141. The summed E-state index contributed by atoms with van der Waals surface area (Å²) in [7, 11) is -3.03. The SMILES string of the molecule is CC(C)(O)C1CCCN1Cc1csc(CS(C)(=O)=O)n1. The average Bonchev–Trinajstić information content (AvgIpc) is 2.85. The maximum atomic E-state index is 11.3. The summed E-state index contributed by atoms with van der Waals surface area (Å²) < 4.78 is 22.5. The maximum Gasteiger partial charge on any atom is 0.153 e. The molecule has 0 aromatic carbocycles. The van der Waals surface area contributed by atoms with Crippen LogP contribution >= 0.6 is 11.3 Å². The van der Waals surface area contributed by atoms with Crippen LogP contribution in [0.2, 0.25) is 0 Å². The Morgan fingerprint density at radius 3 is 2.85 bits per heavy atom. The summed E-state index contributed by atoms with van der Waals surface area (Å²) in [5.41, 5.74) is 0.173. The zero-order valence-corrected chi connectivity index (χ0v) is 13.8. The molecule has 0 bridgehead atoms. The maximum absolute atomic E-state index is 11.3. The van der Waals surface area contributed by atoms with E-state index in [0.717, 1.165) is 25.1 Å². The van der Waals surface area contributed by atoms with Gasteiger partial charge in [0.2, 0.25) is 0 Å². The van der Waals surface area contributed by atoms with Crippen molar-refractivity contribution in [2.24, 2.45) is 0 Å². The number of likely N-dealkylation sites (tertiary alicyclic amines) is 1. The Hall–Kier alpha value is -0.500. The van der Waals surface area contributed by atoms with E-state index in [9.17, 15) is 13.5 Å². The minimum absolute atomic E-state index is 0.00654. The number of hydrogen-bond acceptors (Lipinski definition) is 6. The first-order valence-electron chi connectivity index (χ1n) is 6.72. The monoisotopic (exact) mass is 318 g/mol. The molecule has 5 nitrogen and oxygen atoms in total. The lowest BCUT2D eigenvalue weighted by atomic mass is 9.96. The molecule has 1 saturated heterocycles. The molecular weight excluding hydrogens is 296 g/mol. The molecule has 1 aromatic heterocycles. The fourth-order valence-corrected chi connectivity index (χ4v) is 4.73. The van der Waals surface area contributed by atoms with Crippen molar-refractivity contribution in [3.8, 4) is 0 Å². The molecule has 1 fully saturated rings. The molecule has 2 rings (SSSR count). The Balaban J connectivity index is 2.03. The van der Waals surface area contributed by atoms with Crippen LogP contribution in [-0.4, -0.2) is 47.9 Å². The predicted octanol–water partition coefficient (Wildman–Crippen LogP) is 1.42. The molecule has 2 heterocycles. The molecular formula is C13H22N2O3S2. The van der Waals surface area contributed by atoms with Gasteiger partial charge in [0.25, 0.3) is 0 Å². The normalized spacial score (nSPS) is 21.5. The van der Waals surface area contributed by atoms with Crippen LogP contribution in [0.5, 0.6) is 0 Å². The van der Waals surface area contributed by atoms with E-state index in [0.29, 0.717) is 11.6 Å². The van der Waals surface area contributed by atoms with Gasteiger partial charge in [-0.2, -0.15) is 0 Å². The lowest BCUT2D eigenvalue weighted by Crippen LogP contribution is -2.45. The fraction of sp³-hybridized carbons (Fsp3) is 0.769. The molecule has 0 spiro atoms. The molecule has 1 aromatic rings. The summed E-state index contributed by atoms with van der Waals surface area (Å²) in [6.07, 6.45) is 3.29. The van der Waals surface area contributed by atoms with Crippen molar-refractivity contribution in [1.29, 1.82) is 0 Å². The van der Waals surface area contributed by atoms with Gasteiger partial charge in [-0.1, -0.05) is 0 Å². The summed E-state index contributed by atoms with van der Waals surface area (Å²) >= 11 is 1.39. The van der Waals surface area contributed by atoms with E-state index >= 15 is 0 Å². The van der Waals surface area contributed by atoms with Crippen molar-refractivity contribution in [1.82, 2.24) is 9.88 Å². The fourth-order valence-electron chi connectivity index (χ4n) is 2.74. The highest BCUT2D eigenvalue weighted by atomic mass is 32.2. The van der Waals surface area contributed by atoms with Crippen LogP contribution in [0, 0.1) is 0 Å². The standard InChI is InChI=1S/C13H22N2O3S2/c1-13(2,16)11-5-4-6-15(11)7-10-8-19-12(14-10)9-20(3,17)18/h8,11,16H,4-7,9H2,1-3H3. The topological polar surface area (TPSA) is 70.5 Å². The van der Waals surface area contributed by atoms with Gasteiger partial charge in [-0.05, 0) is 33.2 Å². The number of aliphatic hydroxyl groups is 1. The quantitative estimate of drug-likeness (QED) is 0.889. The van der Waals surface area contributed by atoms with Crippen LogP contribution in [-0.2, 0) is 22.1 Å². The molecule has 114 valence electrons. The van der Waals surface area contributed by atoms with Gasteiger partial charge in [0, 0.05) is 24.2 Å². The summed E-state index contributed by atoms with van der Waals surface area (Å²) in [5.74, 6) is 0.00654. The highest BCUT2D eigenvalue weighted by Crippen LogP contribution is 2.28. The number of aromatic nitrogens is 1. The highest BCUT2D eigenvalue weighted by molar-refractivity contribution is 7.90. The molecule has 1 N–H and O–H groups in total. The molecule has 0 amide bonds. The number of nitrogens with zero attached hydrogens (tertiary/aromatic N) is 2. The Morgan fingerprint density at radius 2 is 2.25 bits per heavy atom. The molecule has 0 radical (unpaired) electrons. The van der Waals surface area contributed by atoms with E-state index in [1.54, 1.807) is 0 Å². The summed E-state index contributed by atoms with van der Waals surface area (Å²) in [6.45, 7) is 5.31. The van der Waals surface area contributed by atoms with Crippen LogP contribution in [0.25, 0.3) is 0 Å². The van der Waals surface area contributed by atoms with Crippen molar-refractivity contribution in [3.63, 3.8) is 0 Å². The first-order valence-corrected chi connectivity index (χ1v) is 9.66. The number of sulfone groups is 1. The number of thiazole rings is 1. The third kappa shape index (κ3) is 4.25. The molecule has 7 heteroatoms. The van der Waals surface area contributed by atoms with Crippen LogP contribution in [0.3, 0.4) is 0 Å². The third-order valence-electron chi connectivity index (χ3n) is 3.53. The van der Waals surface area contributed by atoms with Crippen molar-refractivity contribution >= 4 is 21.2 Å². The van der Waals surface area contributed by atoms with Gasteiger partial charge in [0.05, 0.1) is 11.3 Å². The second-order valence-electron chi connectivity index (χ2n) is 6.08. The van der Waals surface area contributed by atoms with Crippen molar-refractivity contribution in [3.05, 3.63) is 16.1 Å². The third-order valence-corrected chi connectivity index (χ3v) is 5.41. The minimum atomic E-state index is -3.03. The number of rotatable bonds is 5. The zero-order valence-electron chi connectivity index (χ0n) is 12.2. The van der Waals surface area contributed by atoms with Crippen LogP contribution in [0.15, 0.2) is 5.38 Å². The van der Waals surface area contributed by atoms with E-state index < -0.39 is 15.4 Å². The zero-order chi connectivity index (χ0) is 15.0. The largest absolute Gasteiger partial charge is 0.389 e. The van der Waals surface area contributed by atoms with E-state index in [1.807, 2.05) is 19.2 Å². The van der Waals surface area contributed by atoms with Gasteiger partial charge in [0.15, 0.2) is 9.84 Å². The predicted molar refractivity (Wildman–Crippen MR) is 80.4 cm³/mol. The lowest BCUT2D eigenvalue weighted by molar-refractivity contribution is -0.00531. The van der Waals surface area contributed by atoms with Crippen molar-refractivity contribution < 1.29 is 13.5 Å². The lowest BCUT2D eigenvalue weighted by Gasteiger charge is -2.33. The van der Waals surface area contributed by atoms with Crippen LogP contribution < -0.4 is 0 Å². The van der Waals surface area contributed by atoms with Crippen molar-refractivity contribution in [2.75, 3.05) is 12.8 Å². The second kappa shape index (κ2) is 5.71. The smallest absolute Gasteiger partial charge is 0.153 e. The molecule has 1 unspecified atom stereocenters. The minimum Gasteiger partial charge on any atom is -0.389 e. The van der Waals surface area contributed by atoms with Crippen LogP contribution in [0.4, 0.5) is 0 Å². The van der Waals surface area contributed by atoms with E-state index in [-0.39, 0.29) is 11.8 Å². The van der Waals surface area contributed by atoms with Crippen LogP contribution in [0.1, 0.15) is 37.4 Å². The molecule has 1 aliphatic heterocycles. The van der Waals surface area contributed by atoms with Gasteiger partial charge >= 0.3 is 0 Å². The number of hydrogen-bond donors (Lipinski definition) is 1. The highest BCUT2D eigenvalue weighted by Gasteiger charge is 2.35. The Morgan fingerprint density at radius 1 is 1.55 bits per heavy atom. The van der Waals surface area contributed by atoms with E-state index in [2.05, 4.69) is 9.88 Å². The van der Waals surface area contributed by atoms with Crippen molar-refractivity contribution in [2.45, 2.75) is 50.6 Å². The van der Waals surface area contributed by atoms with E-state index in [1.165, 1.54) is 17.6 Å². The second-order valence-corrected chi connectivity index (χ2v) is 9.17. The first-order chi connectivity index (χ1) is 9.15. The summed E-state index contributed by atoms with van der Waals surface area (Å²) in [4.78, 5) is 6.63.